The molecule has 0 bridgehead atoms. The first kappa shape index (κ1) is 11.9. The lowest BCUT2D eigenvalue weighted by Gasteiger charge is -1.93. The van der Waals surface area contributed by atoms with Crippen molar-refractivity contribution in [2.45, 2.75) is 39.0 Å². The van der Waals surface area contributed by atoms with E-state index in [4.69, 9.17) is 5.11 Å². The molecule has 0 aliphatic heterocycles. The van der Waals surface area contributed by atoms with Crippen LogP contribution in [0.1, 0.15) is 39.0 Å². The van der Waals surface area contributed by atoms with Gasteiger partial charge in [-0.15, -0.1) is 6.58 Å². The molecule has 0 saturated carbocycles. The molecule has 0 spiro atoms. The number of hydrogen-bond donors (Lipinski definition) is 1. The molecule has 2 nitrogen and oxygen atoms in total. The minimum atomic E-state index is -0.713. The Morgan fingerprint density at radius 1 is 1.31 bits per heavy atom. The van der Waals surface area contributed by atoms with Gasteiger partial charge in [0, 0.05) is 6.42 Å². The Labute approximate surface area is 80.0 Å². The van der Waals surface area contributed by atoms with E-state index < -0.39 is 5.97 Å². The third-order valence-electron chi connectivity index (χ3n) is 1.67. The normalized spacial score (nSPS) is 10.5. The second-order valence-corrected chi connectivity index (χ2v) is 3.25. The van der Waals surface area contributed by atoms with Crippen molar-refractivity contribution in [2.24, 2.45) is 0 Å². The number of carbonyl (C=O) groups is 1. The molecule has 0 aromatic carbocycles. The highest BCUT2D eigenvalue weighted by molar-refractivity contribution is 5.66. The van der Waals surface area contributed by atoms with Crippen molar-refractivity contribution in [3.05, 3.63) is 24.3 Å². The summed E-state index contributed by atoms with van der Waals surface area (Å²) < 4.78 is 0. The summed E-state index contributed by atoms with van der Waals surface area (Å²) in [4.78, 5) is 10.1. The molecule has 0 aromatic rings. The lowest BCUT2D eigenvalue weighted by atomic mass is 10.1. The van der Waals surface area contributed by atoms with Gasteiger partial charge in [0.2, 0.25) is 0 Å². The highest BCUT2D eigenvalue weighted by Gasteiger charge is 1.92. The topological polar surface area (TPSA) is 37.3 Å². The summed E-state index contributed by atoms with van der Waals surface area (Å²) in [5.41, 5.74) is 1.19. The van der Waals surface area contributed by atoms with Crippen molar-refractivity contribution < 1.29 is 9.90 Å². The third kappa shape index (κ3) is 10.9. The fraction of sp³-hybridized carbons (Fsp3) is 0.545. The molecule has 0 amide bonds. The monoisotopic (exact) mass is 182 g/mol. The smallest absolute Gasteiger partial charge is 0.303 e. The lowest BCUT2D eigenvalue weighted by Crippen LogP contribution is -1.92. The fourth-order valence-corrected chi connectivity index (χ4v) is 0.937. The summed E-state index contributed by atoms with van der Waals surface area (Å²) in [6, 6.07) is 0. The van der Waals surface area contributed by atoms with Crippen LogP contribution in [0.4, 0.5) is 0 Å². The van der Waals surface area contributed by atoms with Crippen molar-refractivity contribution in [1.29, 1.82) is 0 Å². The molecular weight excluding hydrogens is 164 g/mol. The molecule has 74 valence electrons. The minimum absolute atomic E-state index is 0.269. The average Bonchev–Trinajstić information content (AvgIpc) is 2.01. The molecule has 0 heterocycles. The van der Waals surface area contributed by atoms with Gasteiger partial charge in [-0.3, -0.25) is 4.79 Å². The van der Waals surface area contributed by atoms with Crippen molar-refractivity contribution >= 4 is 5.97 Å². The maximum atomic E-state index is 10.1. The molecule has 0 saturated heterocycles. The molecule has 0 radical (unpaired) electrons. The Morgan fingerprint density at radius 2 is 1.92 bits per heavy atom. The van der Waals surface area contributed by atoms with Crippen molar-refractivity contribution in [1.82, 2.24) is 0 Å². The summed E-state index contributed by atoms with van der Waals surface area (Å²) in [6.07, 6.45) is 8.05. The highest BCUT2D eigenvalue weighted by atomic mass is 16.4. The van der Waals surface area contributed by atoms with Gasteiger partial charge < -0.3 is 5.11 Å². The van der Waals surface area contributed by atoms with Gasteiger partial charge >= 0.3 is 5.97 Å². The lowest BCUT2D eigenvalue weighted by molar-refractivity contribution is -0.137. The van der Waals surface area contributed by atoms with E-state index in [1.807, 2.05) is 13.0 Å². The average molecular weight is 182 g/mol. The quantitative estimate of drug-likeness (QED) is 0.485. The molecule has 0 fully saturated rings. The predicted octanol–water partition coefficient (Wildman–Crippen LogP) is 3.15. The molecule has 0 atom stereocenters. The Kier molecular flexibility index (Phi) is 6.98. The molecule has 2 heteroatoms. The summed E-state index contributed by atoms with van der Waals surface area (Å²) in [7, 11) is 0. The molecule has 0 aliphatic rings. The second-order valence-electron chi connectivity index (χ2n) is 3.25. The van der Waals surface area contributed by atoms with E-state index in [2.05, 4.69) is 12.7 Å². The van der Waals surface area contributed by atoms with Crippen LogP contribution < -0.4 is 0 Å². The predicted molar refractivity (Wildman–Crippen MR) is 54.7 cm³/mol. The van der Waals surface area contributed by atoms with Crippen LogP contribution in [0.15, 0.2) is 24.3 Å². The van der Waals surface area contributed by atoms with Crippen LogP contribution in [0.2, 0.25) is 0 Å². The molecule has 0 aliphatic carbocycles. The van der Waals surface area contributed by atoms with Gasteiger partial charge in [-0.1, -0.05) is 17.7 Å². The zero-order chi connectivity index (χ0) is 10.1. The van der Waals surface area contributed by atoms with E-state index in [-0.39, 0.29) is 6.42 Å². The van der Waals surface area contributed by atoms with Crippen LogP contribution in [0.3, 0.4) is 0 Å². The largest absolute Gasteiger partial charge is 0.481 e. The number of carboxylic acid groups (broad SMARTS) is 1. The maximum absolute atomic E-state index is 10.1. The number of rotatable bonds is 7. The van der Waals surface area contributed by atoms with Gasteiger partial charge in [-0.05, 0) is 32.6 Å². The molecule has 0 aromatic heterocycles. The number of allylic oxidation sites excluding steroid dienone is 3. The number of carboxylic acids is 1. The molecule has 0 unspecified atom stereocenters. The van der Waals surface area contributed by atoms with Gasteiger partial charge in [0.15, 0.2) is 0 Å². The van der Waals surface area contributed by atoms with Gasteiger partial charge in [-0.25, -0.2) is 0 Å². The first-order chi connectivity index (χ1) is 6.13. The zero-order valence-corrected chi connectivity index (χ0v) is 8.25. The fourth-order valence-electron chi connectivity index (χ4n) is 0.937. The summed E-state index contributed by atoms with van der Waals surface area (Å²) in [5, 5.41) is 8.35. The molecule has 13 heavy (non-hydrogen) atoms. The number of unbranched alkanes of at least 4 members (excludes halogenated alkanes) is 1. The van der Waals surface area contributed by atoms with Crippen LogP contribution in [-0.2, 0) is 4.79 Å². The zero-order valence-electron chi connectivity index (χ0n) is 8.25. The molecule has 0 rings (SSSR count). The Balaban J connectivity index is 3.22. The van der Waals surface area contributed by atoms with E-state index >= 15 is 0 Å². The van der Waals surface area contributed by atoms with E-state index in [9.17, 15) is 4.79 Å². The Hall–Kier alpha value is -1.05. The summed E-state index contributed by atoms with van der Waals surface area (Å²) >= 11 is 0. The SMILES string of the molecule is C=C(C)CC/C=C\CCCC(=O)O. The maximum Gasteiger partial charge on any atom is 0.303 e. The highest BCUT2D eigenvalue weighted by Crippen LogP contribution is 2.03. The first-order valence-corrected chi connectivity index (χ1v) is 4.64. The van der Waals surface area contributed by atoms with E-state index in [0.717, 1.165) is 25.7 Å². The van der Waals surface area contributed by atoms with Gasteiger partial charge in [0.25, 0.3) is 0 Å². The van der Waals surface area contributed by atoms with Crippen LogP contribution in [0.5, 0.6) is 0 Å². The van der Waals surface area contributed by atoms with Crippen LogP contribution >= 0.6 is 0 Å². The van der Waals surface area contributed by atoms with E-state index in [1.165, 1.54) is 5.57 Å². The summed E-state index contributed by atoms with van der Waals surface area (Å²) in [5.74, 6) is -0.713. The van der Waals surface area contributed by atoms with Crippen molar-refractivity contribution in [2.75, 3.05) is 0 Å². The Morgan fingerprint density at radius 3 is 2.46 bits per heavy atom. The van der Waals surface area contributed by atoms with Gasteiger partial charge in [0.1, 0.15) is 0 Å². The first-order valence-electron chi connectivity index (χ1n) is 4.64. The molecule has 1 N–H and O–H groups in total. The van der Waals surface area contributed by atoms with E-state index in [1.54, 1.807) is 0 Å². The summed E-state index contributed by atoms with van der Waals surface area (Å²) in [6.45, 7) is 5.81. The van der Waals surface area contributed by atoms with Crippen molar-refractivity contribution in [3.63, 3.8) is 0 Å². The van der Waals surface area contributed by atoms with E-state index in [0.29, 0.717) is 0 Å². The number of hydrogen-bond acceptors (Lipinski definition) is 1. The standard InChI is InChI=1S/C11H18O2/c1-10(2)8-6-4-3-5-7-9-11(12)13/h3-4H,1,5-9H2,2H3,(H,12,13)/b4-3-. The number of aliphatic carboxylic acids is 1. The molecular formula is C11H18O2. The third-order valence-corrected chi connectivity index (χ3v) is 1.67. The van der Waals surface area contributed by atoms with Gasteiger partial charge in [0.05, 0.1) is 0 Å². The minimum Gasteiger partial charge on any atom is -0.481 e. The van der Waals surface area contributed by atoms with Crippen LogP contribution in [0, 0.1) is 0 Å². The van der Waals surface area contributed by atoms with Crippen molar-refractivity contribution in [3.8, 4) is 0 Å². The Bertz CT molecular complexity index is 192. The van der Waals surface area contributed by atoms with Crippen LogP contribution in [0.25, 0.3) is 0 Å². The van der Waals surface area contributed by atoms with Crippen LogP contribution in [-0.4, -0.2) is 11.1 Å². The van der Waals surface area contributed by atoms with Gasteiger partial charge in [-0.2, -0.15) is 0 Å². The second kappa shape index (κ2) is 7.59.